The van der Waals surface area contributed by atoms with Crippen molar-refractivity contribution in [2.24, 2.45) is 0 Å². The van der Waals surface area contributed by atoms with E-state index in [-0.39, 0.29) is 57.1 Å². The third kappa shape index (κ3) is 3.63. The van der Waals surface area contributed by atoms with E-state index >= 15 is 0 Å². The van der Waals surface area contributed by atoms with Crippen LogP contribution >= 0.6 is 0 Å². The van der Waals surface area contributed by atoms with Gasteiger partial charge in [-0.15, -0.1) is 0 Å². The van der Waals surface area contributed by atoms with Crippen molar-refractivity contribution in [3.05, 3.63) is 24.3 Å². The summed E-state index contributed by atoms with van der Waals surface area (Å²) in [6, 6.07) is 5.15. The largest absolute Gasteiger partial charge is 1.00 e. The molecular weight excluding hydrogens is 207 g/mol. The molecule has 66 valence electrons. The fourth-order valence-corrected chi connectivity index (χ4v) is 0.937. The number of ether oxygens (including phenoxy) is 1. The Hall–Kier alpha value is 0.511. The predicted molar refractivity (Wildman–Crippen MR) is 41.7 cm³/mol. The van der Waals surface area contributed by atoms with Gasteiger partial charge in [-0.25, -0.2) is 0 Å². The molecule has 1 aromatic rings. The van der Waals surface area contributed by atoms with Crippen LogP contribution in [0.2, 0.25) is 0 Å². The van der Waals surface area contributed by atoms with E-state index in [9.17, 15) is 12.9 Å². The van der Waals surface area contributed by atoms with Gasteiger partial charge in [-0.3, -0.25) is 0 Å². The number of benzene rings is 1. The summed E-state index contributed by atoms with van der Waals surface area (Å²) in [7, 11) is 1.22. The Morgan fingerprint density at radius 3 is 2.08 bits per heavy atom. The van der Waals surface area contributed by atoms with Crippen LogP contribution in [0.15, 0.2) is 24.3 Å². The minimum absolute atomic E-state index is 0. The van der Waals surface area contributed by atoms with Crippen molar-refractivity contribution in [2.45, 2.75) is 0 Å². The van der Waals surface area contributed by atoms with Gasteiger partial charge in [0.15, 0.2) is 0 Å². The fraction of sp³-hybridized carbons (Fsp3) is 0.143. The SMILES string of the molecule is COc1ccccc1[B-](F)(F)F.[K+]. The minimum atomic E-state index is -4.96. The van der Waals surface area contributed by atoms with Crippen molar-refractivity contribution in [1.82, 2.24) is 0 Å². The van der Waals surface area contributed by atoms with E-state index in [1.54, 1.807) is 0 Å². The zero-order valence-electron chi connectivity index (χ0n) is 7.43. The number of para-hydroxylation sites is 1. The van der Waals surface area contributed by atoms with Crippen LogP contribution in [0.25, 0.3) is 0 Å². The molecule has 0 fully saturated rings. The van der Waals surface area contributed by atoms with E-state index in [2.05, 4.69) is 4.74 Å². The van der Waals surface area contributed by atoms with Crippen LogP contribution in [-0.4, -0.2) is 14.1 Å². The normalized spacial score (nSPS) is 10.5. The van der Waals surface area contributed by atoms with Gasteiger partial charge in [0.2, 0.25) is 0 Å². The molecule has 6 heteroatoms. The van der Waals surface area contributed by atoms with E-state index in [0.717, 1.165) is 6.07 Å². The number of rotatable bonds is 2. The maximum atomic E-state index is 12.2. The molecular formula is C7H7BF3KO. The molecule has 0 radical (unpaired) electrons. The molecule has 0 saturated heterocycles. The Bertz CT molecular complexity index is 277. The molecule has 0 heterocycles. The van der Waals surface area contributed by atoms with Gasteiger partial charge in [0.05, 0.1) is 12.9 Å². The van der Waals surface area contributed by atoms with E-state index in [1.807, 2.05) is 0 Å². The first-order valence-electron chi connectivity index (χ1n) is 3.38. The summed E-state index contributed by atoms with van der Waals surface area (Å²) >= 11 is 0. The molecule has 0 N–H and O–H groups in total. The maximum Gasteiger partial charge on any atom is 1.00 e. The number of methoxy groups -OCH3 is 1. The number of hydrogen-bond donors (Lipinski definition) is 0. The van der Waals surface area contributed by atoms with Crippen molar-refractivity contribution in [2.75, 3.05) is 7.11 Å². The Balaban J connectivity index is 0.00000144. The predicted octanol–water partition coefficient (Wildman–Crippen LogP) is -1.25. The smallest absolute Gasteiger partial charge is 0.500 e. The van der Waals surface area contributed by atoms with Crippen molar-refractivity contribution >= 4 is 12.4 Å². The number of halogens is 3. The summed E-state index contributed by atoms with van der Waals surface area (Å²) in [6.45, 7) is -4.96. The minimum Gasteiger partial charge on any atom is -0.500 e. The maximum absolute atomic E-state index is 12.2. The zero-order valence-corrected chi connectivity index (χ0v) is 10.6. The van der Waals surface area contributed by atoms with Gasteiger partial charge in [-0.2, -0.15) is 0 Å². The van der Waals surface area contributed by atoms with Crippen molar-refractivity contribution in [3.8, 4) is 5.75 Å². The molecule has 0 bridgehead atoms. The van der Waals surface area contributed by atoms with Crippen LogP contribution in [0.4, 0.5) is 12.9 Å². The van der Waals surface area contributed by atoms with E-state index in [1.165, 1.54) is 25.3 Å². The molecule has 0 aromatic heterocycles. The van der Waals surface area contributed by atoms with Crippen LogP contribution in [0.3, 0.4) is 0 Å². The third-order valence-corrected chi connectivity index (χ3v) is 1.49. The molecule has 1 rings (SSSR count). The van der Waals surface area contributed by atoms with Crippen LogP contribution < -0.4 is 61.6 Å². The Kier molecular flexibility index (Phi) is 5.62. The molecule has 13 heavy (non-hydrogen) atoms. The van der Waals surface area contributed by atoms with Crippen molar-refractivity contribution in [3.63, 3.8) is 0 Å². The van der Waals surface area contributed by atoms with Gasteiger partial charge in [0.25, 0.3) is 0 Å². The second-order valence-electron chi connectivity index (χ2n) is 2.32. The first kappa shape index (κ1) is 13.5. The van der Waals surface area contributed by atoms with Gasteiger partial charge in [0, 0.05) is 0 Å². The number of hydrogen-bond acceptors (Lipinski definition) is 1. The zero-order chi connectivity index (χ0) is 9.19. The van der Waals surface area contributed by atoms with Gasteiger partial charge >= 0.3 is 58.4 Å². The summed E-state index contributed by atoms with van der Waals surface area (Å²) in [5, 5.41) is 0. The van der Waals surface area contributed by atoms with E-state index in [4.69, 9.17) is 0 Å². The quantitative estimate of drug-likeness (QED) is 0.559. The topological polar surface area (TPSA) is 9.23 Å². The van der Waals surface area contributed by atoms with E-state index in [0.29, 0.717) is 0 Å². The molecule has 0 aliphatic carbocycles. The summed E-state index contributed by atoms with van der Waals surface area (Å²) < 4.78 is 41.2. The molecule has 0 aliphatic heterocycles. The fourth-order valence-electron chi connectivity index (χ4n) is 0.937. The molecule has 1 nitrogen and oxygen atoms in total. The second-order valence-corrected chi connectivity index (χ2v) is 2.32. The summed E-state index contributed by atoms with van der Waals surface area (Å²) in [6.07, 6.45) is 0. The summed E-state index contributed by atoms with van der Waals surface area (Å²) in [5.41, 5.74) is -0.681. The van der Waals surface area contributed by atoms with Crippen LogP contribution in [0, 0.1) is 0 Å². The van der Waals surface area contributed by atoms with Crippen LogP contribution in [0.5, 0.6) is 5.75 Å². The standard InChI is InChI=1S/C7H7BF3O.K/c1-12-7-5-3-2-4-6(7)8(9,10)11;/h2-5H,1H3;/q-1;+1. The summed E-state index contributed by atoms with van der Waals surface area (Å²) in [5.74, 6) is -0.120. The molecule has 0 aliphatic rings. The van der Waals surface area contributed by atoms with Gasteiger partial charge in [-0.1, -0.05) is 23.7 Å². The molecule has 0 unspecified atom stereocenters. The first-order valence-corrected chi connectivity index (χ1v) is 3.38. The third-order valence-electron chi connectivity index (χ3n) is 1.49. The molecule has 0 saturated carbocycles. The van der Waals surface area contributed by atoms with Gasteiger partial charge in [-0.05, 0) is 6.07 Å². The molecule has 1 aromatic carbocycles. The van der Waals surface area contributed by atoms with Gasteiger partial charge < -0.3 is 17.7 Å². The summed E-state index contributed by atoms with van der Waals surface area (Å²) in [4.78, 5) is 0. The van der Waals surface area contributed by atoms with Crippen LogP contribution in [0.1, 0.15) is 0 Å². The Labute approximate surface area is 117 Å². The van der Waals surface area contributed by atoms with Crippen LogP contribution in [-0.2, 0) is 0 Å². The molecule has 0 atom stereocenters. The first-order chi connectivity index (χ1) is 5.55. The van der Waals surface area contributed by atoms with E-state index < -0.39 is 12.4 Å². The monoisotopic (exact) mass is 214 g/mol. The van der Waals surface area contributed by atoms with Gasteiger partial charge in [0.1, 0.15) is 0 Å². The second kappa shape index (κ2) is 5.41. The Morgan fingerprint density at radius 2 is 1.69 bits per heavy atom. The van der Waals surface area contributed by atoms with Crippen molar-refractivity contribution in [1.29, 1.82) is 0 Å². The molecule has 0 amide bonds. The molecule has 0 spiro atoms. The Morgan fingerprint density at radius 1 is 1.15 bits per heavy atom. The van der Waals surface area contributed by atoms with Crippen molar-refractivity contribution < 1.29 is 69.1 Å². The average molecular weight is 214 g/mol. The average Bonchev–Trinajstić information content (AvgIpc) is 2.03.